The molecule has 0 unspecified atom stereocenters. The molecule has 3 aromatic carbocycles. The topological polar surface area (TPSA) is 20.2 Å². The third-order valence-corrected chi connectivity index (χ3v) is 12.3. The summed E-state index contributed by atoms with van der Waals surface area (Å²) in [6.07, 6.45) is 0.735. The Bertz CT molecular complexity index is 763. The predicted molar refractivity (Wildman–Crippen MR) is 103 cm³/mol. The molecule has 0 saturated heterocycles. The van der Waals surface area contributed by atoms with Gasteiger partial charge in [-0.15, -0.1) is 0 Å². The van der Waals surface area contributed by atoms with E-state index in [4.69, 9.17) is 11.2 Å². The molecule has 0 fully saturated rings. The molecular formula is C20H20ClOP. The second-order valence-corrected chi connectivity index (χ2v) is 12.4. The van der Waals surface area contributed by atoms with Crippen LogP contribution in [0, 0.1) is 0 Å². The van der Waals surface area contributed by atoms with Crippen molar-refractivity contribution in [1.82, 2.24) is 0 Å². The summed E-state index contributed by atoms with van der Waals surface area (Å²) in [5, 5.41) is 13.6. The van der Waals surface area contributed by atoms with Crippen LogP contribution in [-0.2, 0) is 0 Å². The van der Waals surface area contributed by atoms with Crippen molar-refractivity contribution >= 4 is 33.1 Å². The maximum atomic E-state index is 10.6. The molecule has 3 aromatic rings. The number of phenols is 1. The number of hydrogen-bond donors (Lipinski definition) is 1. The van der Waals surface area contributed by atoms with Crippen molar-refractivity contribution in [2.24, 2.45) is 0 Å². The molecular weight excluding hydrogens is 323 g/mol. The molecule has 1 nitrogen and oxygen atoms in total. The van der Waals surface area contributed by atoms with Gasteiger partial charge in [0.2, 0.25) is 0 Å². The van der Waals surface area contributed by atoms with Gasteiger partial charge in [-0.2, -0.15) is 0 Å². The van der Waals surface area contributed by atoms with Crippen LogP contribution in [0.5, 0.6) is 5.75 Å². The van der Waals surface area contributed by atoms with Gasteiger partial charge >= 0.3 is 142 Å². The Labute approximate surface area is 142 Å². The van der Waals surface area contributed by atoms with Gasteiger partial charge in [-0.05, 0) is 0 Å². The van der Waals surface area contributed by atoms with Crippen molar-refractivity contribution < 1.29 is 5.11 Å². The third kappa shape index (κ3) is 2.36. The van der Waals surface area contributed by atoms with Crippen LogP contribution in [0.25, 0.3) is 0 Å². The zero-order valence-electron chi connectivity index (χ0n) is 13.1. The SMILES string of the molecule is CCP(Cl)(c1ccccc1)(c1ccccc1)c1ccccc1O. The van der Waals surface area contributed by atoms with Crippen molar-refractivity contribution in [2.45, 2.75) is 6.92 Å². The normalized spacial score (nSPS) is 13.2. The van der Waals surface area contributed by atoms with E-state index in [1.807, 2.05) is 54.6 Å². The molecule has 0 radical (unpaired) electrons. The summed E-state index contributed by atoms with van der Waals surface area (Å²) in [4.78, 5) is 0. The van der Waals surface area contributed by atoms with E-state index in [-0.39, 0.29) is 5.75 Å². The minimum absolute atomic E-state index is 0.259. The summed E-state index contributed by atoms with van der Waals surface area (Å²) in [6.45, 7) is 2.11. The van der Waals surface area contributed by atoms with Gasteiger partial charge in [0.1, 0.15) is 0 Å². The maximum absolute atomic E-state index is 10.6. The van der Waals surface area contributed by atoms with Crippen LogP contribution in [0.15, 0.2) is 84.9 Å². The van der Waals surface area contributed by atoms with Crippen LogP contribution in [0.1, 0.15) is 6.92 Å². The molecule has 0 aliphatic heterocycles. The second kappa shape index (κ2) is 6.00. The van der Waals surface area contributed by atoms with Crippen molar-refractivity contribution in [2.75, 3.05) is 6.16 Å². The zero-order chi connectivity index (χ0) is 16.4. The Morgan fingerprint density at radius 3 is 1.61 bits per heavy atom. The van der Waals surface area contributed by atoms with E-state index >= 15 is 0 Å². The fraction of sp³-hybridized carbons (Fsp3) is 0.100. The molecule has 1 N–H and O–H groups in total. The van der Waals surface area contributed by atoms with Gasteiger partial charge in [0.05, 0.1) is 0 Å². The number of rotatable bonds is 4. The Morgan fingerprint density at radius 1 is 0.739 bits per heavy atom. The molecule has 0 amide bonds. The summed E-state index contributed by atoms with van der Waals surface area (Å²) in [5.41, 5.74) is 0. The third-order valence-electron chi connectivity index (χ3n) is 4.57. The molecule has 3 heteroatoms. The Hall–Kier alpha value is -1.82. The monoisotopic (exact) mass is 342 g/mol. The van der Waals surface area contributed by atoms with E-state index in [1.165, 1.54) is 0 Å². The zero-order valence-corrected chi connectivity index (χ0v) is 14.7. The molecule has 0 aliphatic rings. The first kappa shape index (κ1) is 16.1. The number of hydrogen-bond acceptors (Lipinski definition) is 1. The number of benzene rings is 3. The molecule has 0 heterocycles. The summed E-state index contributed by atoms with van der Waals surface area (Å²) in [5.74, 6) is -2.97. The molecule has 3 rings (SSSR count). The summed E-state index contributed by atoms with van der Waals surface area (Å²) in [7, 11) is 0. The van der Waals surface area contributed by atoms with E-state index in [2.05, 4.69) is 31.2 Å². The Kier molecular flexibility index (Phi) is 4.19. The van der Waals surface area contributed by atoms with Gasteiger partial charge in [0, 0.05) is 0 Å². The summed E-state index contributed by atoms with van der Waals surface area (Å²) >= 11 is 7.63. The van der Waals surface area contributed by atoms with Crippen molar-refractivity contribution in [3.05, 3.63) is 84.9 Å². The van der Waals surface area contributed by atoms with Gasteiger partial charge in [-0.3, -0.25) is 0 Å². The molecule has 0 spiro atoms. The van der Waals surface area contributed by atoms with Crippen LogP contribution in [0.4, 0.5) is 0 Å². The number of aromatic hydroxyl groups is 1. The minimum atomic E-state index is -3.23. The van der Waals surface area contributed by atoms with Crippen LogP contribution in [0.3, 0.4) is 0 Å². The predicted octanol–water partition coefficient (Wildman–Crippen LogP) is 4.40. The van der Waals surface area contributed by atoms with Crippen molar-refractivity contribution in [3.63, 3.8) is 0 Å². The van der Waals surface area contributed by atoms with Gasteiger partial charge in [-0.1, -0.05) is 0 Å². The number of para-hydroxylation sites is 1. The molecule has 0 atom stereocenters. The fourth-order valence-corrected chi connectivity index (χ4v) is 8.87. The first-order chi connectivity index (χ1) is 11.1. The summed E-state index contributed by atoms with van der Waals surface area (Å²) < 4.78 is 0. The van der Waals surface area contributed by atoms with Gasteiger partial charge in [-0.25, -0.2) is 0 Å². The van der Waals surface area contributed by atoms with E-state index in [1.54, 1.807) is 6.07 Å². The number of halogens is 1. The molecule has 23 heavy (non-hydrogen) atoms. The standard InChI is InChI=1S/C20H20ClOP/c1-2-23(21,17-11-5-3-6-12-17,18-13-7-4-8-14-18)20-16-10-9-15-19(20)22/h3-16,22H,2H2,1H3. The van der Waals surface area contributed by atoms with Gasteiger partial charge in [0.15, 0.2) is 0 Å². The second-order valence-electron chi connectivity index (χ2n) is 5.66. The quantitative estimate of drug-likeness (QED) is 0.697. The molecule has 0 aromatic heterocycles. The molecule has 0 saturated carbocycles. The Balaban J connectivity index is 2.46. The van der Waals surface area contributed by atoms with Crippen LogP contribution < -0.4 is 15.9 Å². The molecule has 0 bridgehead atoms. The van der Waals surface area contributed by atoms with E-state index in [0.717, 1.165) is 22.1 Å². The number of phenolic OH excluding ortho intramolecular Hbond substituents is 1. The van der Waals surface area contributed by atoms with Gasteiger partial charge in [0.25, 0.3) is 0 Å². The first-order valence-corrected chi connectivity index (χ1v) is 11.1. The summed E-state index contributed by atoms with van der Waals surface area (Å²) in [6, 6.07) is 27.8. The van der Waals surface area contributed by atoms with E-state index in [9.17, 15) is 5.11 Å². The van der Waals surface area contributed by atoms with Crippen molar-refractivity contribution in [1.29, 1.82) is 0 Å². The van der Waals surface area contributed by atoms with Crippen LogP contribution in [-0.4, -0.2) is 11.3 Å². The Morgan fingerprint density at radius 2 is 1.17 bits per heavy atom. The van der Waals surface area contributed by atoms with Gasteiger partial charge < -0.3 is 0 Å². The van der Waals surface area contributed by atoms with E-state index < -0.39 is 5.96 Å². The molecule has 0 aliphatic carbocycles. The van der Waals surface area contributed by atoms with Crippen LogP contribution in [0.2, 0.25) is 0 Å². The van der Waals surface area contributed by atoms with Crippen LogP contribution >= 0.6 is 17.2 Å². The fourth-order valence-electron chi connectivity index (χ4n) is 3.30. The first-order valence-electron chi connectivity index (χ1n) is 7.74. The molecule has 118 valence electrons. The van der Waals surface area contributed by atoms with E-state index in [0.29, 0.717) is 0 Å². The average molecular weight is 343 g/mol. The van der Waals surface area contributed by atoms with Crippen molar-refractivity contribution in [3.8, 4) is 5.75 Å². The average Bonchev–Trinajstić information content (AvgIpc) is 2.63.